The van der Waals surface area contributed by atoms with E-state index in [-0.39, 0.29) is 29.9 Å². The molecule has 0 unspecified atom stereocenters. The van der Waals surface area contributed by atoms with Gasteiger partial charge in [0, 0.05) is 25.3 Å². The third kappa shape index (κ3) is 4.53. The van der Waals surface area contributed by atoms with Gasteiger partial charge in [0.05, 0.1) is 23.2 Å². The number of aldehydes is 1. The van der Waals surface area contributed by atoms with Gasteiger partial charge in [-0.15, -0.1) is 0 Å². The molecule has 1 spiro atoms. The molecule has 1 aromatic rings. The minimum absolute atomic E-state index is 0.104. The molecule has 1 aromatic heterocycles. The van der Waals surface area contributed by atoms with Gasteiger partial charge in [0.2, 0.25) is 5.91 Å². The van der Waals surface area contributed by atoms with E-state index in [0.717, 1.165) is 44.0 Å². The fourth-order valence-corrected chi connectivity index (χ4v) is 5.28. The number of ether oxygens (including phenoxy) is 1. The van der Waals surface area contributed by atoms with Crippen LogP contribution in [-0.2, 0) is 25.7 Å². The standard InChI is InChI=1S/C23H31N7O4/c1-16-19(14-34-21(16)32)29-9-8-23(22(29)33)6-4-18(5-7-23)28(10-11-31)13-17-2-3-20(26-12-17)30(25)15-27-24/h2-3,11-12,15,18H,4-10,13-14,24-25H2,1H3/b27-15-/t18-,23+. The fourth-order valence-electron chi connectivity index (χ4n) is 5.28. The van der Waals surface area contributed by atoms with E-state index in [2.05, 4.69) is 15.0 Å². The average molecular weight is 470 g/mol. The molecular formula is C23H31N7O4. The first-order valence-electron chi connectivity index (χ1n) is 11.5. The molecule has 11 heteroatoms. The van der Waals surface area contributed by atoms with Gasteiger partial charge < -0.3 is 20.3 Å². The van der Waals surface area contributed by atoms with Crippen molar-refractivity contribution in [3.63, 3.8) is 0 Å². The number of aromatic nitrogens is 1. The highest BCUT2D eigenvalue weighted by Crippen LogP contribution is 2.47. The van der Waals surface area contributed by atoms with Crippen LogP contribution in [0.2, 0.25) is 0 Å². The molecule has 1 saturated carbocycles. The van der Waals surface area contributed by atoms with Crippen LogP contribution >= 0.6 is 0 Å². The van der Waals surface area contributed by atoms with Crippen LogP contribution in [0, 0.1) is 5.41 Å². The van der Waals surface area contributed by atoms with Crippen LogP contribution in [0.4, 0.5) is 5.82 Å². The predicted molar refractivity (Wildman–Crippen MR) is 125 cm³/mol. The zero-order valence-corrected chi connectivity index (χ0v) is 19.4. The van der Waals surface area contributed by atoms with Crippen molar-refractivity contribution in [1.29, 1.82) is 0 Å². The highest BCUT2D eigenvalue weighted by molar-refractivity contribution is 5.94. The van der Waals surface area contributed by atoms with Crippen LogP contribution in [0.25, 0.3) is 0 Å². The van der Waals surface area contributed by atoms with E-state index in [9.17, 15) is 14.4 Å². The highest BCUT2D eigenvalue weighted by atomic mass is 16.5. The summed E-state index contributed by atoms with van der Waals surface area (Å²) in [7, 11) is 0. The monoisotopic (exact) mass is 469 g/mol. The molecule has 2 fully saturated rings. The second-order valence-electron chi connectivity index (χ2n) is 9.16. The van der Waals surface area contributed by atoms with Gasteiger partial charge in [-0.25, -0.2) is 20.6 Å². The maximum Gasteiger partial charge on any atom is 0.336 e. The number of carbonyl (C=O) groups is 3. The first kappa shape index (κ1) is 23.8. The van der Waals surface area contributed by atoms with Crippen LogP contribution in [0.1, 0.15) is 44.6 Å². The molecular weight excluding hydrogens is 438 g/mol. The maximum absolute atomic E-state index is 13.4. The Balaban J connectivity index is 1.39. The Labute approximate surface area is 198 Å². The normalized spacial score (nSPS) is 25.1. The lowest BCUT2D eigenvalue weighted by Crippen LogP contribution is -2.44. The van der Waals surface area contributed by atoms with Crippen LogP contribution in [0.15, 0.2) is 34.7 Å². The molecule has 11 nitrogen and oxygen atoms in total. The molecule has 3 aliphatic rings. The molecule has 182 valence electrons. The number of rotatable bonds is 8. The summed E-state index contributed by atoms with van der Waals surface area (Å²) in [5.41, 5.74) is 1.81. The van der Waals surface area contributed by atoms with E-state index in [0.29, 0.717) is 36.7 Å². The number of likely N-dealkylation sites (tertiary alicyclic amines) is 1. The number of hydrogen-bond donors (Lipinski definition) is 2. The summed E-state index contributed by atoms with van der Waals surface area (Å²) in [4.78, 5) is 44.7. The quantitative estimate of drug-likeness (QED) is 0.140. The van der Waals surface area contributed by atoms with Crippen molar-refractivity contribution in [2.24, 2.45) is 22.2 Å². The Bertz CT molecular complexity index is 999. The van der Waals surface area contributed by atoms with Gasteiger partial charge in [0.25, 0.3) is 0 Å². The topological polar surface area (TPSA) is 147 Å². The Morgan fingerprint density at radius 2 is 2.06 bits per heavy atom. The summed E-state index contributed by atoms with van der Waals surface area (Å²) in [6, 6.07) is 3.88. The minimum Gasteiger partial charge on any atom is -0.456 e. The number of nitrogens with zero attached hydrogens (tertiary/aromatic N) is 5. The first-order chi connectivity index (χ1) is 16.4. The number of nitrogens with two attached hydrogens (primary N) is 2. The van der Waals surface area contributed by atoms with Crippen LogP contribution in [-0.4, -0.2) is 65.0 Å². The highest BCUT2D eigenvalue weighted by Gasteiger charge is 2.50. The Morgan fingerprint density at radius 1 is 1.29 bits per heavy atom. The van der Waals surface area contributed by atoms with Crippen molar-refractivity contribution in [3.05, 3.63) is 35.2 Å². The first-order valence-corrected chi connectivity index (χ1v) is 11.5. The minimum atomic E-state index is -0.388. The number of carbonyl (C=O) groups excluding carboxylic acids is 3. The van der Waals surface area contributed by atoms with Crippen molar-refractivity contribution in [2.75, 3.05) is 24.7 Å². The SMILES string of the molecule is CC1=C(N2CC[C@]3(CC[C@H](N(CC=O)Cc4ccc(N(N)/C=N\N)nc4)CC3)C2=O)COC1=O. The van der Waals surface area contributed by atoms with E-state index in [1.165, 1.54) is 11.3 Å². The molecule has 0 atom stereocenters. The second kappa shape index (κ2) is 9.90. The number of hydrogen-bond acceptors (Lipinski definition) is 9. The van der Waals surface area contributed by atoms with E-state index in [1.807, 2.05) is 6.07 Å². The summed E-state index contributed by atoms with van der Waals surface area (Å²) in [5, 5.41) is 4.60. The van der Waals surface area contributed by atoms with Gasteiger partial charge >= 0.3 is 5.97 Å². The lowest BCUT2D eigenvalue weighted by molar-refractivity contribution is -0.138. The molecule has 0 aromatic carbocycles. The lowest BCUT2D eigenvalue weighted by Gasteiger charge is -2.40. The van der Waals surface area contributed by atoms with E-state index in [1.54, 1.807) is 24.1 Å². The Kier molecular flexibility index (Phi) is 6.94. The predicted octanol–water partition coefficient (Wildman–Crippen LogP) is 0.657. The zero-order chi connectivity index (χ0) is 24.3. The number of anilines is 1. The maximum atomic E-state index is 13.4. The molecule has 0 radical (unpaired) electrons. The second-order valence-corrected chi connectivity index (χ2v) is 9.16. The van der Waals surface area contributed by atoms with Crippen molar-refractivity contribution in [1.82, 2.24) is 14.8 Å². The summed E-state index contributed by atoms with van der Waals surface area (Å²) >= 11 is 0. The largest absolute Gasteiger partial charge is 0.456 e. The van der Waals surface area contributed by atoms with Crippen molar-refractivity contribution < 1.29 is 19.1 Å². The number of hydrazine groups is 1. The van der Waals surface area contributed by atoms with Gasteiger partial charge in [-0.2, -0.15) is 5.10 Å². The smallest absolute Gasteiger partial charge is 0.336 e. The third-order valence-corrected chi connectivity index (χ3v) is 7.31. The van der Waals surface area contributed by atoms with Crippen LogP contribution in [0.3, 0.4) is 0 Å². The van der Waals surface area contributed by atoms with Gasteiger partial charge in [0.15, 0.2) is 0 Å². The Morgan fingerprint density at radius 3 is 2.65 bits per heavy atom. The Hall–Kier alpha value is -3.31. The van der Waals surface area contributed by atoms with Crippen molar-refractivity contribution >= 4 is 30.3 Å². The molecule has 1 aliphatic carbocycles. The van der Waals surface area contributed by atoms with Gasteiger partial charge in [-0.1, -0.05) is 6.07 Å². The van der Waals surface area contributed by atoms with Gasteiger partial charge in [-0.05, 0) is 50.7 Å². The lowest BCUT2D eigenvalue weighted by atomic mass is 9.71. The molecule has 4 N–H and O–H groups in total. The van der Waals surface area contributed by atoms with Crippen molar-refractivity contribution in [3.8, 4) is 0 Å². The molecule has 1 saturated heterocycles. The molecule has 4 rings (SSSR count). The summed E-state index contributed by atoms with van der Waals surface area (Å²) in [6.45, 7) is 3.40. The number of pyridine rings is 1. The van der Waals surface area contributed by atoms with E-state index < -0.39 is 0 Å². The van der Waals surface area contributed by atoms with Crippen molar-refractivity contribution in [2.45, 2.75) is 51.6 Å². The molecule has 1 amide bonds. The number of cyclic esters (lactones) is 1. The average Bonchev–Trinajstić information content (AvgIpc) is 3.33. The summed E-state index contributed by atoms with van der Waals surface area (Å²) in [6.07, 6.45) is 7.87. The summed E-state index contributed by atoms with van der Waals surface area (Å²) < 4.78 is 5.11. The zero-order valence-electron chi connectivity index (χ0n) is 19.4. The van der Waals surface area contributed by atoms with E-state index >= 15 is 0 Å². The molecule has 2 aliphatic heterocycles. The molecule has 3 heterocycles. The fraction of sp³-hybridized carbons (Fsp3) is 0.522. The number of amides is 1. The van der Waals surface area contributed by atoms with Crippen LogP contribution < -0.4 is 16.7 Å². The third-order valence-electron chi connectivity index (χ3n) is 7.31. The van der Waals surface area contributed by atoms with E-state index in [4.69, 9.17) is 16.4 Å². The molecule has 0 bridgehead atoms. The summed E-state index contributed by atoms with van der Waals surface area (Å²) in [5.74, 6) is 11.2. The van der Waals surface area contributed by atoms with Gasteiger partial charge in [-0.3, -0.25) is 9.69 Å². The number of esters is 1. The molecule has 34 heavy (non-hydrogen) atoms. The van der Waals surface area contributed by atoms with Gasteiger partial charge in [0.1, 0.15) is 25.0 Å². The van der Waals surface area contributed by atoms with Crippen LogP contribution in [0.5, 0.6) is 0 Å². The number of hydrazone groups is 1.